The summed E-state index contributed by atoms with van der Waals surface area (Å²) in [6.45, 7) is 1.79. The molecule has 2 rings (SSSR count). The van der Waals surface area contributed by atoms with Gasteiger partial charge in [0.15, 0.2) is 0 Å². The summed E-state index contributed by atoms with van der Waals surface area (Å²) in [5, 5.41) is 10.2. The van der Waals surface area contributed by atoms with Gasteiger partial charge in [-0.2, -0.15) is 0 Å². The van der Waals surface area contributed by atoms with E-state index in [1.807, 2.05) is 0 Å². The van der Waals surface area contributed by atoms with E-state index in [1.54, 1.807) is 19.1 Å². The predicted octanol–water partition coefficient (Wildman–Crippen LogP) is 3.12. The molecule has 0 radical (unpaired) electrons. The smallest absolute Gasteiger partial charge is 0.276 e. The molecular weight excluding hydrogens is 330 g/mol. The van der Waals surface area contributed by atoms with Crippen molar-refractivity contribution in [2.45, 2.75) is 16.7 Å². The number of nitro groups is 1. The molecule has 0 atom stereocenters. The van der Waals surface area contributed by atoms with Gasteiger partial charge in [-0.1, -0.05) is 17.7 Å². The molecule has 0 saturated carbocycles. The van der Waals surface area contributed by atoms with Crippen molar-refractivity contribution < 1.29 is 18.1 Å². The number of aryl methyl sites for hydroxylation is 1. The van der Waals surface area contributed by atoms with Crippen molar-refractivity contribution in [3.8, 4) is 0 Å². The van der Waals surface area contributed by atoms with Crippen LogP contribution < -0.4 is 0 Å². The lowest BCUT2D eigenvalue weighted by Gasteiger charge is -2.06. The van der Waals surface area contributed by atoms with Crippen LogP contribution >= 0.6 is 11.6 Å². The molecule has 0 heterocycles. The quantitative estimate of drug-likeness (QED) is 0.484. The van der Waals surface area contributed by atoms with E-state index in [2.05, 4.69) is 0 Å². The molecule has 0 spiro atoms. The Morgan fingerprint density at radius 3 is 2.23 bits per heavy atom. The van der Waals surface area contributed by atoms with Crippen LogP contribution in [0.2, 0.25) is 0 Å². The summed E-state index contributed by atoms with van der Waals surface area (Å²) in [6.07, 6.45) is 0. The molecule has 0 amide bonds. The van der Waals surface area contributed by atoms with Crippen LogP contribution in [0.1, 0.15) is 15.9 Å². The SMILES string of the molecule is Cc1ccc(S(=O)(=O)c2ccc(C(=O)Cl)cc2[N+](=O)[O-])cc1. The van der Waals surface area contributed by atoms with Gasteiger partial charge in [0.2, 0.25) is 9.84 Å². The second-order valence-electron chi connectivity index (χ2n) is 4.53. The standard InChI is InChI=1S/C14H10ClNO5S/c1-9-2-5-11(6-3-9)22(20,21)13-7-4-10(14(15)17)8-12(13)16(18)19/h2-8H,1H3. The average molecular weight is 340 g/mol. The van der Waals surface area contributed by atoms with Gasteiger partial charge >= 0.3 is 0 Å². The van der Waals surface area contributed by atoms with Crippen LogP contribution in [-0.4, -0.2) is 18.6 Å². The topological polar surface area (TPSA) is 94.3 Å². The number of hydrogen-bond donors (Lipinski definition) is 0. The molecule has 0 bridgehead atoms. The second kappa shape index (κ2) is 5.86. The van der Waals surface area contributed by atoms with E-state index in [1.165, 1.54) is 12.1 Å². The molecule has 0 aliphatic heterocycles. The Labute approximate surface area is 131 Å². The number of nitrogens with zero attached hydrogens (tertiary/aromatic N) is 1. The summed E-state index contributed by atoms with van der Waals surface area (Å²) in [6, 6.07) is 8.94. The number of rotatable bonds is 4. The van der Waals surface area contributed by atoms with Crippen molar-refractivity contribution in [1.82, 2.24) is 0 Å². The van der Waals surface area contributed by atoms with Crippen LogP contribution in [0.15, 0.2) is 52.3 Å². The Hall–Kier alpha value is -2.25. The van der Waals surface area contributed by atoms with Gasteiger partial charge in [0.25, 0.3) is 10.9 Å². The summed E-state index contributed by atoms with van der Waals surface area (Å²) in [4.78, 5) is 20.8. The summed E-state index contributed by atoms with van der Waals surface area (Å²) >= 11 is 5.27. The first-order valence-electron chi connectivity index (χ1n) is 6.03. The molecule has 6 nitrogen and oxygen atoms in total. The van der Waals surface area contributed by atoms with Crippen molar-refractivity contribution in [1.29, 1.82) is 0 Å². The van der Waals surface area contributed by atoms with Crippen LogP contribution in [0.4, 0.5) is 5.69 Å². The molecule has 2 aromatic carbocycles. The Morgan fingerprint density at radius 1 is 1.14 bits per heavy atom. The molecule has 0 saturated heterocycles. The highest BCUT2D eigenvalue weighted by molar-refractivity contribution is 7.91. The van der Waals surface area contributed by atoms with Gasteiger partial charge in [0.05, 0.1) is 9.82 Å². The minimum atomic E-state index is -4.07. The van der Waals surface area contributed by atoms with Crippen molar-refractivity contribution in [3.05, 3.63) is 63.7 Å². The minimum Gasteiger partial charge on any atom is -0.276 e. The predicted molar refractivity (Wildman–Crippen MR) is 79.9 cm³/mol. The first-order chi connectivity index (χ1) is 10.2. The number of halogens is 1. The maximum Gasteiger partial charge on any atom is 0.289 e. The maximum absolute atomic E-state index is 12.5. The summed E-state index contributed by atoms with van der Waals surface area (Å²) in [5.41, 5.74) is 0.0276. The molecule has 2 aromatic rings. The lowest BCUT2D eigenvalue weighted by molar-refractivity contribution is -0.387. The second-order valence-corrected chi connectivity index (χ2v) is 6.79. The summed E-state index contributed by atoms with van der Waals surface area (Å²) in [7, 11) is -4.07. The van der Waals surface area contributed by atoms with Gasteiger partial charge in [-0.15, -0.1) is 0 Å². The van der Waals surface area contributed by atoms with Gasteiger partial charge in [-0.05, 0) is 42.8 Å². The molecular formula is C14H10ClNO5S. The summed E-state index contributed by atoms with van der Waals surface area (Å²) in [5.74, 6) is 0. The van der Waals surface area contributed by atoms with Crippen molar-refractivity contribution in [3.63, 3.8) is 0 Å². The van der Waals surface area contributed by atoms with Crippen LogP contribution in [0, 0.1) is 17.0 Å². The maximum atomic E-state index is 12.5. The Bertz CT molecular complexity index is 859. The molecule has 0 fully saturated rings. The van der Waals surface area contributed by atoms with Crippen LogP contribution in [0.5, 0.6) is 0 Å². The highest BCUT2D eigenvalue weighted by atomic mass is 35.5. The van der Waals surface area contributed by atoms with E-state index < -0.39 is 30.6 Å². The first kappa shape index (κ1) is 16.1. The van der Waals surface area contributed by atoms with Crippen LogP contribution in [0.3, 0.4) is 0 Å². The lowest BCUT2D eigenvalue weighted by Crippen LogP contribution is -2.07. The van der Waals surface area contributed by atoms with Gasteiger partial charge in [-0.3, -0.25) is 14.9 Å². The average Bonchev–Trinajstić information content (AvgIpc) is 2.46. The fourth-order valence-electron chi connectivity index (χ4n) is 1.85. The fraction of sp³-hybridized carbons (Fsp3) is 0.0714. The number of sulfone groups is 1. The van der Waals surface area contributed by atoms with Gasteiger partial charge in [0.1, 0.15) is 4.90 Å². The molecule has 0 unspecified atom stereocenters. The van der Waals surface area contributed by atoms with Gasteiger partial charge in [0, 0.05) is 11.6 Å². The monoisotopic (exact) mass is 339 g/mol. The Balaban J connectivity index is 2.67. The molecule has 0 aromatic heterocycles. The number of benzene rings is 2. The van der Waals surface area contributed by atoms with Gasteiger partial charge in [-0.25, -0.2) is 8.42 Å². The zero-order chi connectivity index (χ0) is 16.5. The molecule has 0 N–H and O–H groups in total. The molecule has 22 heavy (non-hydrogen) atoms. The third kappa shape index (κ3) is 3.00. The number of carbonyl (C=O) groups excluding carboxylic acids is 1. The zero-order valence-electron chi connectivity index (χ0n) is 11.3. The van der Waals surface area contributed by atoms with Crippen LogP contribution in [0.25, 0.3) is 0 Å². The van der Waals surface area contributed by atoms with E-state index in [-0.39, 0.29) is 10.5 Å². The highest BCUT2D eigenvalue weighted by Gasteiger charge is 2.28. The third-order valence-electron chi connectivity index (χ3n) is 3.00. The van der Waals surface area contributed by atoms with E-state index in [0.29, 0.717) is 0 Å². The largest absolute Gasteiger partial charge is 0.289 e. The zero-order valence-corrected chi connectivity index (χ0v) is 12.9. The first-order valence-corrected chi connectivity index (χ1v) is 7.89. The molecule has 8 heteroatoms. The van der Waals surface area contributed by atoms with E-state index in [0.717, 1.165) is 23.8 Å². The Kier molecular flexibility index (Phi) is 4.30. The molecule has 0 aliphatic carbocycles. The van der Waals surface area contributed by atoms with Gasteiger partial charge < -0.3 is 0 Å². The molecule has 114 valence electrons. The number of nitro benzene ring substituents is 1. The lowest BCUT2D eigenvalue weighted by atomic mass is 10.2. The fourth-order valence-corrected chi connectivity index (χ4v) is 3.38. The van der Waals surface area contributed by atoms with Crippen molar-refractivity contribution in [2.75, 3.05) is 0 Å². The van der Waals surface area contributed by atoms with Crippen molar-refractivity contribution in [2.24, 2.45) is 0 Å². The highest BCUT2D eigenvalue weighted by Crippen LogP contribution is 2.30. The van der Waals surface area contributed by atoms with Crippen molar-refractivity contribution >= 4 is 32.4 Å². The Morgan fingerprint density at radius 2 is 1.73 bits per heavy atom. The minimum absolute atomic E-state index is 0.0637. The summed E-state index contributed by atoms with van der Waals surface area (Å²) < 4.78 is 25.1. The third-order valence-corrected chi connectivity index (χ3v) is 5.04. The number of hydrogen-bond acceptors (Lipinski definition) is 5. The van der Waals surface area contributed by atoms with E-state index in [4.69, 9.17) is 11.6 Å². The molecule has 0 aliphatic rings. The van der Waals surface area contributed by atoms with E-state index in [9.17, 15) is 23.3 Å². The van der Waals surface area contributed by atoms with E-state index >= 15 is 0 Å². The van der Waals surface area contributed by atoms with Crippen LogP contribution in [-0.2, 0) is 9.84 Å². The normalized spacial score (nSPS) is 11.2. The number of carbonyl (C=O) groups is 1.